The Balaban J connectivity index is 3.75. The molecule has 0 aromatic carbocycles. The Morgan fingerprint density at radius 2 is 2.21 bits per heavy atom. The highest BCUT2D eigenvalue weighted by Crippen LogP contribution is 1.80. The Hall–Kier alpha value is -1.97. The maximum atomic E-state index is 10.8. The monoisotopic (exact) mass is 190 g/mol. The van der Waals surface area contributed by atoms with E-state index in [0.29, 0.717) is 0 Å². The summed E-state index contributed by atoms with van der Waals surface area (Å²) in [6.45, 7) is 3.18. The van der Waals surface area contributed by atoms with E-state index < -0.39 is 5.97 Å². The summed E-state index contributed by atoms with van der Waals surface area (Å²) >= 11 is 0. The van der Waals surface area contributed by atoms with E-state index in [1.807, 2.05) is 0 Å². The van der Waals surface area contributed by atoms with Crippen molar-refractivity contribution >= 4 is 5.97 Å². The zero-order chi connectivity index (χ0) is 10.6. The molecule has 0 atom stereocenters. The summed E-state index contributed by atoms with van der Waals surface area (Å²) in [7, 11) is 0. The van der Waals surface area contributed by atoms with E-state index in [9.17, 15) is 4.79 Å². The molecule has 0 aromatic rings. The van der Waals surface area contributed by atoms with Crippen LogP contribution in [0.4, 0.5) is 0 Å². The van der Waals surface area contributed by atoms with Crippen LogP contribution >= 0.6 is 0 Å². The highest BCUT2D eigenvalue weighted by Gasteiger charge is 1.91. The zero-order valence-corrected chi connectivity index (χ0v) is 7.62. The molecule has 0 aromatic heterocycles. The molecule has 0 saturated carbocycles. The van der Waals surface area contributed by atoms with Gasteiger partial charge in [0.25, 0.3) is 0 Å². The Labute approximate surface area is 83.1 Å². The fourth-order valence-electron chi connectivity index (χ4n) is 0.483. The molecule has 0 bridgehead atoms. The minimum Gasteiger partial charge on any atom is -0.449 e. The number of ether oxygens (including phenoxy) is 1. The van der Waals surface area contributed by atoms with Crippen LogP contribution in [-0.2, 0) is 9.53 Å². The predicted octanol–water partition coefficient (Wildman–Crippen LogP) is 0.271. The number of carbonyl (C=O) groups excluding carboxylic acids is 1. The summed E-state index contributed by atoms with van der Waals surface area (Å²) in [5.41, 5.74) is 0. The molecule has 0 aliphatic rings. The van der Waals surface area contributed by atoms with E-state index in [2.05, 4.69) is 35.0 Å². The molecule has 0 aliphatic heterocycles. The maximum Gasteiger partial charge on any atom is 0.332 e. The topological polar surface area (TPSA) is 46.5 Å². The molecule has 0 saturated heterocycles. The smallest absolute Gasteiger partial charge is 0.332 e. The molecule has 3 heteroatoms. The molecular weight excluding hydrogens is 180 g/mol. The average molecular weight is 190 g/mol. The largest absolute Gasteiger partial charge is 0.449 e. The van der Waals surface area contributed by atoms with Crippen LogP contribution in [0.15, 0.2) is 24.8 Å². The van der Waals surface area contributed by atoms with E-state index in [1.165, 1.54) is 12.2 Å². The lowest BCUT2D eigenvalue weighted by molar-refractivity contribution is -0.136. The molecule has 3 nitrogen and oxygen atoms in total. The summed E-state index contributed by atoms with van der Waals surface area (Å²) in [6, 6.07) is 0. The van der Waals surface area contributed by atoms with Crippen LogP contribution in [-0.4, -0.2) is 24.3 Å². The Morgan fingerprint density at radius 1 is 1.43 bits per heavy atom. The third kappa shape index (κ3) is 8.13. The number of hydrogen-bond donors (Lipinski definition) is 1. The van der Waals surface area contributed by atoms with Crippen molar-refractivity contribution in [2.24, 2.45) is 0 Å². The lowest BCUT2D eigenvalue weighted by atomic mass is 10.5. The summed E-state index contributed by atoms with van der Waals surface area (Å²) in [5, 5.41) is 8.28. The molecule has 0 heterocycles. The molecule has 0 aliphatic carbocycles. The number of allylic oxidation sites excluding steroid dienone is 2. The van der Waals surface area contributed by atoms with Gasteiger partial charge in [0.15, 0.2) is 6.61 Å². The third-order valence-corrected chi connectivity index (χ3v) is 0.975. The number of rotatable bonds is 2. The van der Waals surface area contributed by atoms with Crippen LogP contribution in [0.25, 0.3) is 0 Å². The lowest BCUT2D eigenvalue weighted by Gasteiger charge is -1.91. The van der Waals surface area contributed by atoms with Gasteiger partial charge in [0.05, 0.1) is 0 Å². The number of aliphatic hydroxyl groups is 1. The Morgan fingerprint density at radius 3 is 2.86 bits per heavy atom. The van der Waals surface area contributed by atoms with Gasteiger partial charge in [0.2, 0.25) is 0 Å². The van der Waals surface area contributed by atoms with E-state index >= 15 is 0 Å². The summed E-state index contributed by atoms with van der Waals surface area (Å²) in [5.74, 6) is 9.34. The first-order chi connectivity index (χ1) is 6.81. The number of aliphatic hydroxyl groups excluding tert-OH is 1. The fourth-order valence-corrected chi connectivity index (χ4v) is 0.483. The SMILES string of the molecule is C=CC#CCOC(=O)/C=C\C#CCO. The number of hydrogen-bond acceptors (Lipinski definition) is 3. The molecule has 0 spiro atoms. The summed E-state index contributed by atoms with van der Waals surface area (Å²) in [4.78, 5) is 10.8. The van der Waals surface area contributed by atoms with Crippen molar-refractivity contribution in [3.8, 4) is 23.7 Å². The quantitative estimate of drug-likeness (QED) is 0.386. The van der Waals surface area contributed by atoms with Crippen LogP contribution in [0.5, 0.6) is 0 Å². The molecular formula is C11H10O3. The lowest BCUT2D eigenvalue weighted by Crippen LogP contribution is -1.99. The van der Waals surface area contributed by atoms with E-state index in [0.717, 1.165) is 6.08 Å². The van der Waals surface area contributed by atoms with Crippen molar-refractivity contribution in [1.82, 2.24) is 0 Å². The van der Waals surface area contributed by atoms with Gasteiger partial charge in [-0.1, -0.05) is 30.3 Å². The predicted molar refractivity (Wildman–Crippen MR) is 52.9 cm³/mol. The van der Waals surface area contributed by atoms with E-state index in [1.54, 1.807) is 0 Å². The molecule has 1 N–H and O–H groups in total. The van der Waals surface area contributed by atoms with Gasteiger partial charge < -0.3 is 9.84 Å². The first-order valence-corrected chi connectivity index (χ1v) is 3.83. The summed E-state index contributed by atoms with van der Waals surface area (Å²) in [6.07, 6.45) is 3.88. The highest BCUT2D eigenvalue weighted by atomic mass is 16.5. The van der Waals surface area contributed by atoms with Crippen molar-refractivity contribution in [2.45, 2.75) is 0 Å². The van der Waals surface area contributed by atoms with E-state index in [4.69, 9.17) is 5.11 Å². The number of carbonyl (C=O) groups is 1. The fraction of sp³-hybridized carbons (Fsp3) is 0.182. The maximum absolute atomic E-state index is 10.8. The highest BCUT2D eigenvalue weighted by molar-refractivity contribution is 5.82. The van der Waals surface area contributed by atoms with Crippen molar-refractivity contribution in [2.75, 3.05) is 13.2 Å². The van der Waals surface area contributed by atoms with Crippen LogP contribution in [0.3, 0.4) is 0 Å². The second kappa shape index (κ2) is 9.12. The first kappa shape index (κ1) is 12.0. The van der Waals surface area contributed by atoms with Gasteiger partial charge in [-0.3, -0.25) is 0 Å². The van der Waals surface area contributed by atoms with Gasteiger partial charge in [-0.25, -0.2) is 4.79 Å². The van der Waals surface area contributed by atoms with Gasteiger partial charge >= 0.3 is 5.97 Å². The molecule has 14 heavy (non-hydrogen) atoms. The van der Waals surface area contributed by atoms with Crippen LogP contribution in [0.2, 0.25) is 0 Å². The molecule has 0 amide bonds. The van der Waals surface area contributed by atoms with Crippen LogP contribution in [0, 0.1) is 23.7 Å². The van der Waals surface area contributed by atoms with Gasteiger partial charge in [-0.2, -0.15) is 0 Å². The standard InChI is InChI=1S/C11H10O3/c1-2-3-7-10-14-11(13)8-5-4-6-9-12/h2,5,8,12H,1,9-10H2/b8-5-. The molecule has 72 valence electrons. The van der Waals surface area contributed by atoms with Crippen LogP contribution in [0.1, 0.15) is 0 Å². The summed E-state index contributed by atoms with van der Waals surface area (Å²) < 4.78 is 4.65. The Bertz CT molecular complexity index is 331. The van der Waals surface area contributed by atoms with Crippen molar-refractivity contribution in [3.63, 3.8) is 0 Å². The van der Waals surface area contributed by atoms with Crippen molar-refractivity contribution < 1.29 is 14.6 Å². The molecule has 0 fully saturated rings. The average Bonchev–Trinajstić information content (AvgIpc) is 2.19. The molecule has 0 radical (unpaired) electrons. The first-order valence-electron chi connectivity index (χ1n) is 3.83. The molecule has 0 rings (SSSR count). The van der Waals surface area contributed by atoms with Gasteiger partial charge in [-0.15, -0.1) is 0 Å². The van der Waals surface area contributed by atoms with Gasteiger partial charge in [0.1, 0.15) is 6.61 Å². The number of esters is 1. The second-order valence-corrected chi connectivity index (χ2v) is 1.95. The van der Waals surface area contributed by atoms with Crippen LogP contribution < -0.4 is 0 Å². The minimum absolute atomic E-state index is 0.0304. The third-order valence-electron chi connectivity index (χ3n) is 0.975. The van der Waals surface area contributed by atoms with Crippen molar-refractivity contribution in [3.05, 3.63) is 24.8 Å². The normalized spacial score (nSPS) is 8.07. The van der Waals surface area contributed by atoms with Crippen molar-refractivity contribution in [1.29, 1.82) is 0 Å². The minimum atomic E-state index is -0.518. The zero-order valence-electron chi connectivity index (χ0n) is 7.62. The van der Waals surface area contributed by atoms with Gasteiger partial charge in [-0.05, 0) is 12.2 Å². The Kier molecular flexibility index (Phi) is 7.84. The second-order valence-electron chi connectivity index (χ2n) is 1.95. The van der Waals surface area contributed by atoms with E-state index in [-0.39, 0.29) is 13.2 Å². The van der Waals surface area contributed by atoms with Gasteiger partial charge in [0, 0.05) is 6.08 Å². The molecule has 0 unspecified atom stereocenters.